The fraction of sp³-hybridized carbons (Fsp3) is 0.235. The zero-order valence-corrected chi connectivity index (χ0v) is 14.5. The van der Waals surface area contributed by atoms with E-state index in [1.54, 1.807) is 24.3 Å². The summed E-state index contributed by atoms with van der Waals surface area (Å²) in [5.74, 6) is -0.665. The topological polar surface area (TPSA) is 95.5 Å². The van der Waals surface area contributed by atoms with E-state index in [-0.39, 0.29) is 15.9 Å². The van der Waals surface area contributed by atoms with Crippen LogP contribution in [0.15, 0.2) is 53.4 Å². The van der Waals surface area contributed by atoms with Crippen molar-refractivity contribution in [3.8, 4) is 0 Å². The summed E-state index contributed by atoms with van der Waals surface area (Å²) < 4.78 is 27.3. The molecule has 0 atom stereocenters. The predicted octanol–water partition coefficient (Wildman–Crippen LogP) is 2.90. The average molecular weight is 348 g/mol. The van der Waals surface area contributed by atoms with Gasteiger partial charge in [0.25, 0.3) is 15.9 Å². The van der Waals surface area contributed by atoms with Crippen molar-refractivity contribution in [2.75, 3.05) is 4.72 Å². The Balaban J connectivity index is 2.20. The molecule has 0 aliphatic carbocycles. The van der Waals surface area contributed by atoms with Crippen molar-refractivity contribution in [1.29, 1.82) is 0 Å². The molecule has 3 N–H and O–H groups in total. The first-order valence-electron chi connectivity index (χ1n) is 7.31. The third kappa shape index (κ3) is 4.12. The molecule has 0 unspecified atom stereocenters. The van der Waals surface area contributed by atoms with Crippen LogP contribution >= 0.6 is 0 Å². The second-order valence-electron chi connectivity index (χ2n) is 6.40. The second kappa shape index (κ2) is 6.62. The molecule has 7 heteroatoms. The first-order valence-corrected chi connectivity index (χ1v) is 8.80. The lowest BCUT2D eigenvalue weighted by Crippen LogP contribution is -2.18. The summed E-state index contributed by atoms with van der Waals surface area (Å²) in [5, 5.41) is 8.56. The standard InChI is InChI=1S/C17H20N2O4S/c1-17(2,3)13-6-10-15(11-7-13)24(22,23)19-14-8-4-12(5-9-14)16(20)18-21/h4-11,19,21H,1-3H3,(H,18,20). The first kappa shape index (κ1) is 18.0. The minimum Gasteiger partial charge on any atom is -0.288 e. The maximum absolute atomic E-state index is 12.4. The summed E-state index contributed by atoms with van der Waals surface area (Å²) in [6.07, 6.45) is 0. The van der Waals surface area contributed by atoms with Gasteiger partial charge in [-0.2, -0.15) is 0 Å². The molecule has 0 saturated carbocycles. The van der Waals surface area contributed by atoms with Gasteiger partial charge in [-0.3, -0.25) is 14.7 Å². The number of rotatable bonds is 4. The van der Waals surface area contributed by atoms with Gasteiger partial charge in [0.05, 0.1) is 4.90 Å². The molecule has 0 fully saturated rings. The van der Waals surface area contributed by atoms with Crippen molar-refractivity contribution >= 4 is 21.6 Å². The Morgan fingerprint density at radius 2 is 1.50 bits per heavy atom. The van der Waals surface area contributed by atoms with Crippen molar-refractivity contribution in [2.24, 2.45) is 0 Å². The van der Waals surface area contributed by atoms with E-state index >= 15 is 0 Å². The van der Waals surface area contributed by atoms with E-state index in [0.29, 0.717) is 5.69 Å². The van der Waals surface area contributed by atoms with Crippen LogP contribution in [0.3, 0.4) is 0 Å². The summed E-state index contributed by atoms with van der Waals surface area (Å²) in [7, 11) is -3.71. The SMILES string of the molecule is CC(C)(C)c1ccc(S(=O)(=O)Nc2ccc(C(=O)NO)cc2)cc1. The Morgan fingerprint density at radius 3 is 1.96 bits per heavy atom. The van der Waals surface area contributed by atoms with E-state index in [2.05, 4.69) is 25.5 Å². The molecule has 2 aromatic carbocycles. The largest absolute Gasteiger partial charge is 0.288 e. The molecule has 0 bridgehead atoms. The predicted molar refractivity (Wildman–Crippen MR) is 91.6 cm³/mol. The van der Waals surface area contributed by atoms with Crippen LogP contribution in [0.5, 0.6) is 0 Å². The van der Waals surface area contributed by atoms with E-state index in [0.717, 1.165) is 5.56 Å². The maximum atomic E-state index is 12.4. The number of carbonyl (C=O) groups excluding carboxylic acids is 1. The van der Waals surface area contributed by atoms with Crippen LogP contribution in [-0.4, -0.2) is 19.5 Å². The van der Waals surface area contributed by atoms with Crippen molar-refractivity contribution in [2.45, 2.75) is 31.1 Å². The second-order valence-corrected chi connectivity index (χ2v) is 8.08. The Bertz CT molecular complexity index is 820. The molecule has 1 amide bonds. The van der Waals surface area contributed by atoms with Gasteiger partial charge in [-0.15, -0.1) is 0 Å². The van der Waals surface area contributed by atoms with Gasteiger partial charge in [0.15, 0.2) is 0 Å². The van der Waals surface area contributed by atoms with Crippen molar-refractivity contribution < 1.29 is 18.4 Å². The Morgan fingerprint density at radius 1 is 0.958 bits per heavy atom. The fourth-order valence-corrected chi connectivity index (χ4v) is 3.16. The lowest BCUT2D eigenvalue weighted by atomic mass is 9.87. The molecular weight excluding hydrogens is 328 g/mol. The third-order valence-corrected chi connectivity index (χ3v) is 4.93. The lowest BCUT2D eigenvalue weighted by Gasteiger charge is -2.19. The monoisotopic (exact) mass is 348 g/mol. The molecule has 0 aliphatic rings. The van der Waals surface area contributed by atoms with Gasteiger partial charge in [-0.25, -0.2) is 13.9 Å². The number of benzene rings is 2. The van der Waals surface area contributed by atoms with E-state index in [4.69, 9.17) is 5.21 Å². The normalized spacial score (nSPS) is 11.8. The van der Waals surface area contributed by atoms with Gasteiger partial charge in [0.1, 0.15) is 0 Å². The number of nitrogens with one attached hydrogen (secondary N) is 2. The average Bonchev–Trinajstić information content (AvgIpc) is 2.54. The van der Waals surface area contributed by atoms with Crippen molar-refractivity contribution in [1.82, 2.24) is 5.48 Å². The molecule has 128 valence electrons. The number of hydrogen-bond acceptors (Lipinski definition) is 4. The van der Waals surface area contributed by atoms with Crippen LogP contribution < -0.4 is 10.2 Å². The first-order chi connectivity index (χ1) is 11.1. The molecule has 2 rings (SSSR count). The number of hydrogen-bond donors (Lipinski definition) is 3. The number of anilines is 1. The van der Waals surface area contributed by atoms with Gasteiger partial charge in [0.2, 0.25) is 0 Å². The summed E-state index contributed by atoms with van der Waals surface area (Å²) in [6.45, 7) is 6.16. The smallest absolute Gasteiger partial charge is 0.274 e. The van der Waals surface area contributed by atoms with Crippen LogP contribution in [0.25, 0.3) is 0 Å². The van der Waals surface area contributed by atoms with E-state index in [9.17, 15) is 13.2 Å². The number of hydroxylamine groups is 1. The molecule has 0 aromatic heterocycles. The number of sulfonamides is 1. The van der Waals surface area contributed by atoms with Gasteiger partial charge in [-0.05, 0) is 47.4 Å². The van der Waals surface area contributed by atoms with E-state index in [1.807, 2.05) is 0 Å². The molecule has 0 aliphatic heterocycles. The molecule has 0 radical (unpaired) electrons. The maximum Gasteiger partial charge on any atom is 0.274 e. The van der Waals surface area contributed by atoms with Crippen LogP contribution in [0.2, 0.25) is 0 Å². The number of amides is 1. The van der Waals surface area contributed by atoms with Crippen molar-refractivity contribution in [3.05, 3.63) is 59.7 Å². The minimum absolute atomic E-state index is 0.0567. The third-order valence-electron chi connectivity index (χ3n) is 3.53. The van der Waals surface area contributed by atoms with Gasteiger partial charge >= 0.3 is 0 Å². The zero-order valence-electron chi connectivity index (χ0n) is 13.7. The molecule has 0 spiro atoms. The number of carbonyl (C=O) groups is 1. The summed E-state index contributed by atoms with van der Waals surface area (Å²) >= 11 is 0. The van der Waals surface area contributed by atoms with Gasteiger partial charge < -0.3 is 0 Å². The zero-order chi connectivity index (χ0) is 18.0. The van der Waals surface area contributed by atoms with E-state index in [1.165, 1.54) is 29.7 Å². The molecule has 6 nitrogen and oxygen atoms in total. The summed E-state index contributed by atoms with van der Waals surface area (Å²) in [5.41, 5.74) is 3.04. The molecule has 24 heavy (non-hydrogen) atoms. The van der Waals surface area contributed by atoms with Crippen molar-refractivity contribution in [3.63, 3.8) is 0 Å². The summed E-state index contributed by atoms with van der Waals surface area (Å²) in [4.78, 5) is 11.4. The molecule has 0 saturated heterocycles. The molecule has 0 heterocycles. The summed E-state index contributed by atoms with van der Waals surface area (Å²) in [6, 6.07) is 12.4. The highest BCUT2D eigenvalue weighted by Crippen LogP contribution is 2.24. The van der Waals surface area contributed by atoms with Gasteiger partial charge in [-0.1, -0.05) is 32.9 Å². The Kier molecular flexibility index (Phi) is 4.96. The Hall–Kier alpha value is -2.38. The molecular formula is C17H20N2O4S. The van der Waals surface area contributed by atoms with Crippen LogP contribution in [0, 0.1) is 0 Å². The highest BCUT2D eigenvalue weighted by atomic mass is 32.2. The highest BCUT2D eigenvalue weighted by molar-refractivity contribution is 7.92. The minimum atomic E-state index is -3.71. The lowest BCUT2D eigenvalue weighted by molar-refractivity contribution is 0.0706. The Labute approximate surface area is 141 Å². The molecule has 2 aromatic rings. The van der Waals surface area contributed by atoms with Crippen LogP contribution in [-0.2, 0) is 15.4 Å². The quantitative estimate of drug-likeness (QED) is 0.585. The van der Waals surface area contributed by atoms with E-state index < -0.39 is 15.9 Å². The fourth-order valence-electron chi connectivity index (χ4n) is 2.10. The van der Waals surface area contributed by atoms with Crippen LogP contribution in [0.4, 0.5) is 5.69 Å². The van der Waals surface area contributed by atoms with Gasteiger partial charge in [0, 0.05) is 11.3 Å². The van der Waals surface area contributed by atoms with Crippen LogP contribution in [0.1, 0.15) is 36.7 Å². The highest BCUT2D eigenvalue weighted by Gasteiger charge is 2.17.